The number of halogens is 1. The Morgan fingerprint density at radius 1 is 1.36 bits per heavy atom. The van der Waals surface area contributed by atoms with Crippen molar-refractivity contribution in [1.29, 1.82) is 0 Å². The number of fused-ring (bicyclic) bond motifs is 4. The lowest BCUT2D eigenvalue weighted by molar-refractivity contribution is -0.126. The first-order valence-corrected chi connectivity index (χ1v) is 9.63. The Morgan fingerprint density at radius 3 is 2.71 bits per heavy atom. The summed E-state index contributed by atoms with van der Waals surface area (Å²) in [7, 11) is 3.73. The molecule has 2 aliphatic heterocycles. The van der Waals surface area contributed by atoms with Crippen LogP contribution < -0.4 is 4.90 Å². The molecule has 150 valence electrons. The van der Waals surface area contributed by atoms with Gasteiger partial charge in [0.2, 0.25) is 0 Å². The molecule has 1 aliphatic carbocycles. The Hall–Kier alpha value is -2.48. The van der Waals surface area contributed by atoms with Crippen molar-refractivity contribution >= 4 is 22.9 Å². The van der Waals surface area contributed by atoms with E-state index < -0.39 is 17.4 Å². The fourth-order valence-electron chi connectivity index (χ4n) is 4.39. The monoisotopic (exact) mass is 388 g/mol. The zero-order chi connectivity index (χ0) is 19.9. The van der Waals surface area contributed by atoms with Gasteiger partial charge in [0.05, 0.1) is 35.5 Å². The minimum Gasteiger partial charge on any atom is -0.465 e. The number of carboxylic acid groups (broad SMARTS) is 1. The number of pyridine rings is 2. The van der Waals surface area contributed by atoms with E-state index in [1.54, 1.807) is 0 Å². The Balaban J connectivity index is 1.64. The number of carbonyl (C=O) groups is 1. The second kappa shape index (κ2) is 7.16. The zero-order valence-electron chi connectivity index (χ0n) is 16.2. The summed E-state index contributed by atoms with van der Waals surface area (Å²) in [5.41, 5.74) is 0.991. The fraction of sp³-hybridized carbons (Fsp3) is 0.550. The largest absolute Gasteiger partial charge is 0.465 e. The fourth-order valence-corrected chi connectivity index (χ4v) is 4.39. The molecule has 5 rings (SSSR count). The van der Waals surface area contributed by atoms with Crippen LogP contribution in [0.5, 0.6) is 0 Å². The van der Waals surface area contributed by atoms with Gasteiger partial charge >= 0.3 is 6.09 Å². The van der Waals surface area contributed by atoms with Crippen LogP contribution in [0.3, 0.4) is 0 Å². The van der Waals surface area contributed by atoms with Crippen LogP contribution in [0.15, 0.2) is 18.3 Å². The maximum absolute atomic E-state index is 14.6. The van der Waals surface area contributed by atoms with Crippen LogP contribution in [0.1, 0.15) is 31.2 Å². The highest BCUT2D eigenvalue weighted by atomic mass is 19.1. The Bertz CT molecular complexity index is 883. The van der Waals surface area contributed by atoms with Crippen molar-refractivity contribution < 1.29 is 19.0 Å². The number of aromatic nitrogens is 2. The molecule has 1 N–H and O–H groups in total. The lowest BCUT2D eigenvalue weighted by Crippen LogP contribution is -2.61. The van der Waals surface area contributed by atoms with E-state index in [1.807, 2.05) is 31.1 Å². The smallest absolute Gasteiger partial charge is 0.407 e. The Labute approximate surface area is 163 Å². The van der Waals surface area contributed by atoms with Crippen molar-refractivity contribution in [3.63, 3.8) is 0 Å². The van der Waals surface area contributed by atoms with Crippen molar-refractivity contribution in [3.8, 4) is 0 Å². The maximum Gasteiger partial charge on any atom is 0.407 e. The maximum atomic E-state index is 14.6. The molecule has 0 aromatic carbocycles. The summed E-state index contributed by atoms with van der Waals surface area (Å²) in [6, 6.07) is 3.64. The second-order valence-electron chi connectivity index (χ2n) is 7.94. The van der Waals surface area contributed by atoms with E-state index in [2.05, 4.69) is 9.97 Å². The van der Waals surface area contributed by atoms with Crippen molar-refractivity contribution in [1.82, 2.24) is 14.9 Å². The van der Waals surface area contributed by atoms with E-state index in [-0.39, 0.29) is 19.1 Å². The van der Waals surface area contributed by atoms with Crippen molar-refractivity contribution in [2.45, 2.75) is 43.7 Å². The van der Waals surface area contributed by atoms with Gasteiger partial charge in [-0.1, -0.05) is 0 Å². The van der Waals surface area contributed by atoms with Crippen LogP contribution in [0.4, 0.5) is 15.0 Å². The van der Waals surface area contributed by atoms with E-state index in [1.165, 1.54) is 11.1 Å². The minimum atomic E-state index is -0.982. The van der Waals surface area contributed by atoms with Gasteiger partial charge < -0.3 is 19.6 Å². The molecule has 3 aliphatic rings. The topological polar surface area (TPSA) is 78.8 Å². The molecule has 0 atom stereocenters. The molecular formula is C20H25FN4O3. The van der Waals surface area contributed by atoms with Gasteiger partial charge in [-0.15, -0.1) is 0 Å². The van der Waals surface area contributed by atoms with Gasteiger partial charge in [0, 0.05) is 26.2 Å². The van der Waals surface area contributed by atoms with E-state index in [4.69, 9.17) is 4.74 Å². The number of anilines is 1. The molecule has 3 fully saturated rings. The molecule has 0 radical (unpaired) electrons. The summed E-state index contributed by atoms with van der Waals surface area (Å²) in [6.45, 7) is 0.625. The number of hydrogen-bond acceptors (Lipinski definition) is 5. The highest BCUT2D eigenvalue weighted by Crippen LogP contribution is 2.40. The van der Waals surface area contributed by atoms with Crippen LogP contribution >= 0.6 is 0 Å². The van der Waals surface area contributed by atoms with Crippen molar-refractivity contribution in [2.75, 3.05) is 32.1 Å². The van der Waals surface area contributed by atoms with Crippen LogP contribution in [-0.2, 0) is 11.2 Å². The van der Waals surface area contributed by atoms with Crippen molar-refractivity contribution in [2.24, 2.45) is 0 Å². The molecule has 2 aromatic heterocycles. The summed E-state index contributed by atoms with van der Waals surface area (Å²) >= 11 is 0. The van der Waals surface area contributed by atoms with E-state index in [0.29, 0.717) is 29.0 Å². The summed E-state index contributed by atoms with van der Waals surface area (Å²) < 4.78 is 20.4. The predicted octanol–water partition coefficient (Wildman–Crippen LogP) is 3.07. The third kappa shape index (κ3) is 3.26. The molecule has 7 nitrogen and oxygen atoms in total. The van der Waals surface area contributed by atoms with Gasteiger partial charge in [-0.2, -0.15) is 0 Å². The molecule has 0 unspecified atom stereocenters. The molecular weight excluding hydrogens is 363 g/mol. The molecule has 2 bridgehead atoms. The number of amides is 1. The average Bonchev–Trinajstić information content (AvgIpc) is 2.70. The molecule has 1 saturated carbocycles. The third-order valence-electron chi connectivity index (χ3n) is 6.05. The van der Waals surface area contributed by atoms with Crippen LogP contribution in [0, 0.1) is 5.82 Å². The van der Waals surface area contributed by atoms with Gasteiger partial charge in [-0.25, -0.2) is 14.2 Å². The zero-order valence-corrected chi connectivity index (χ0v) is 16.2. The number of hydrogen-bond donors (Lipinski definition) is 1. The van der Waals surface area contributed by atoms with Crippen molar-refractivity contribution in [3.05, 3.63) is 29.7 Å². The van der Waals surface area contributed by atoms with Gasteiger partial charge in [0.25, 0.3) is 0 Å². The average molecular weight is 388 g/mol. The normalized spacial score (nSPS) is 23.8. The molecule has 4 heterocycles. The Kier molecular flexibility index (Phi) is 4.82. The summed E-state index contributed by atoms with van der Waals surface area (Å²) in [6.07, 6.45) is 4.06. The first-order valence-electron chi connectivity index (χ1n) is 9.63. The minimum absolute atomic E-state index is 0.202. The lowest BCUT2D eigenvalue weighted by Gasteiger charge is -2.51. The molecule has 1 amide bonds. The van der Waals surface area contributed by atoms with Gasteiger partial charge in [0.1, 0.15) is 11.6 Å². The van der Waals surface area contributed by atoms with E-state index in [0.717, 1.165) is 25.7 Å². The first-order chi connectivity index (χ1) is 13.4. The standard InChI is InChI=1S/C20H25FN4O3/c1-24(2)17-4-3-16-18(23-17)14(15(21)11-22-16)7-10-25(19(26)27)20-8-5-13(6-9-20)28-12-20/h3-4,11,13H,5-10,12H2,1-2H3,(H,26,27). The van der Waals surface area contributed by atoms with E-state index >= 15 is 0 Å². The van der Waals surface area contributed by atoms with Crippen LogP contribution in [0.25, 0.3) is 11.0 Å². The summed E-state index contributed by atoms with van der Waals surface area (Å²) in [5.74, 6) is 0.246. The summed E-state index contributed by atoms with van der Waals surface area (Å²) in [4.78, 5) is 24.0. The molecule has 2 saturated heterocycles. The molecule has 28 heavy (non-hydrogen) atoms. The summed E-state index contributed by atoms with van der Waals surface area (Å²) in [5, 5.41) is 9.86. The molecule has 8 heteroatoms. The number of rotatable bonds is 5. The number of nitrogens with zero attached hydrogens (tertiary/aromatic N) is 4. The van der Waals surface area contributed by atoms with Crippen LogP contribution in [-0.4, -0.2) is 65.0 Å². The Morgan fingerprint density at radius 2 is 2.11 bits per heavy atom. The predicted molar refractivity (Wildman–Crippen MR) is 103 cm³/mol. The highest BCUT2D eigenvalue weighted by molar-refractivity contribution is 5.80. The second-order valence-corrected chi connectivity index (χ2v) is 7.94. The highest BCUT2D eigenvalue weighted by Gasteiger charge is 2.47. The van der Waals surface area contributed by atoms with Crippen LogP contribution in [0.2, 0.25) is 0 Å². The number of ether oxygens (including phenoxy) is 1. The SMILES string of the molecule is CN(C)c1ccc2ncc(F)c(CCN(C(=O)O)C34CCC(CC3)OC4)c2n1. The third-order valence-corrected chi connectivity index (χ3v) is 6.05. The molecule has 2 aromatic rings. The van der Waals surface area contributed by atoms with E-state index in [9.17, 15) is 14.3 Å². The van der Waals surface area contributed by atoms with Gasteiger partial charge in [-0.05, 0) is 44.2 Å². The molecule has 0 spiro atoms. The quantitative estimate of drug-likeness (QED) is 0.848. The first kappa shape index (κ1) is 18.9. The van der Waals surface area contributed by atoms with Gasteiger partial charge in [-0.3, -0.25) is 4.98 Å². The lowest BCUT2D eigenvalue weighted by atomic mass is 9.77. The van der Waals surface area contributed by atoms with Gasteiger partial charge in [0.15, 0.2) is 0 Å².